The monoisotopic (exact) mass is 1830 g/mol. The van der Waals surface area contributed by atoms with Crippen LogP contribution in [0.25, 0.3) is 54.6 Å². The molecule has 9 aromatic carbocycles. The van der Waals surface area contributed by atoms with Crippen LogP contribution in [0.1, 0.15) is 70.9 Å². The molecule has 31 nitrogen and oxygen atoms in total. The second-order valence-electron chi connectivity index (χ2n) is 26.1. The van der Waals surface area contributed by atoms with Gasteiger partial charge in [0, 0.05) is 46.7 Å². The molecule has 0 radical (unpaired) electrons. The molecule has 0 fully saturated rings. The van der Waals surface area contributed by atoms with Crippen LogP contribution in [0, 0.1) is 52.9 Å². The third-order valence-corrected chi connectivity index (χ3v) is 21.5. The molecule has 0 spiro atoms. The van der Waals surface area contributed by atoms with Crippen molar-refractivity contribution in [1.82, 2.24) is 75.0 Å². The van der Waals surface area contributed by atoms with E-state index in [2.05, 4.69) is 96.6 Å². The number of aromatic nitrogens is 10. The fraction of sp³-hybridized carbons (Fsp3) is 0.163. The minimum atomic E-state index is -4.77. The minimum absolute atomic E-state index is 0.0170. The predicted octanol–water partition coefficient (Wildman–Crippen LogP) is 16.2. The average molecular weight is 1840 g/mol. The molecule has 0 aliphatic heterocycles. The van der Waals surface area contributed by atoms with Crippen molar-refractivity contribution in [3.05, 3.63) is 267 Å². The third-order valence-electron chi connectivity index (χ3n) is 16.7. The quantitative estimate of drug-likeness (QED) is 0.0123. The van der Waals surface area contributed by atoms with Crippen molar-refractivity contribution in [3.8, 4) is 17.6 Å². The summed E-state index contributed by atoms with van der Waals surface area (Å²) >= 11 is 14.3. The fourth-order valence-corrected chi connectivity index (χ4v) is 14.4. The molecule has 124 heavy (non-hydrogen) atoms. The SMILES string of the molecule is CCC(=O)NS(=O)(=O)c1nc(C)c2ccccc2n1.Cc1ccc(C)c(OS(=O)NNc2nc(C(F)(F)F)nc3ccccc23)c1.Cc1ccc(Cl)c(NS(=O)(=O)c2ccc(Cl)c(NCCCNC(=O)NNc3nc(C(F)(F)F)nc4ccccc34)c2)c1.Cc1cccc(OS(=O)NNc2nc(C#N)nc3ccccc23)c1.Cc1nc2ccccc2nc1Cl. The summed E-state index contributed by atoms with van der Waals surface area (Å²) in [5.41, 5.74) is 18.3. The highest BCUT2D eigenvalue weighted by Gasteiger charge is 2.37. The van der Waals surface area contributed by atoms with Crippen molar-refractivity contribution in [3.63, 3.8) is 0 Å². The van der Waals surface area contributed by atoms with Crippen LogP contribution in [0.2, 0.25) is 15.2 Å². The molecule has 0 saturated carbocycles. The normalized spacial score (nSPS) is 11.8. The number of alkyl halides is 6. The lowest BCUT2D eigenvalue weighted by Gasteiger charge is -2.14. The van der Waals surface area contributed by atoms with Gasteiger partial charge >= 0.3 is 40.9 Å². The number of para-hydroxylation sites is 6. The highest BCUT2D eigenvalue weighted by molar-refractivity contribution is 7.92. The van der Waals surface area contributed by atoms with E-state index in [1.807, 2.05) is 104 Å². The number of halogens is 9. The molecule has 644 valence electrons. The van der Waals surface area contributed by atoms with E-state index in [1.165, 1.54) is 42.5 Å². The number of benzene rings is 9. The van der Waals surface area contributed by atoms with Crippen LogP contribution in [0.5, 0.6) is 11.5 Å². The van der Waals surface area contributed by atoms with E-state index in [-0.39, 0.29) is 72.6 Å². The Morgan fingerprint density at radius 1 is 0.484 bits per heavy atom. The largest absolute Gasteiger partial charge is 0.451 e. The highest BCUT2D eigenvalue weighted by atomic mass is 35.5. The molecule has 14 rings (SSSR count). The highest BCUT2D eigenvalue weighted by Crippen LogP contribution is 2.34. The zero-order valence-corrected chi connectivity index (χ0v) is 71.5. The Kier molecular flexibility index (Phi) is 31.8. The summed E-state index contributed by atoms with van der Waals surface area (Å²) in [6, 6.07) is 57.1. The van der Waals surface area contributed by atoms with Crippen LogP contribution in [-0.2, 0) is 59.7 Å². The third kappa shape index (κ3) is 26.3. The number of aryl methyl sites for hydroxylation is 6. The lowest BCUT2D eigenvalue weighted by atomic mass is 10.1. The summed E-state index contributed by atoms with van der Waals surface area (Å²) in [6.45, 7) is 12.9. The molecule has 2 unspecified atom stereocenters. The first kappa shape index (κ1) is 93.3. The summed E-state index contributed by atoms with van der Waals surface area (Å²) in [5, 5.41) is 17.3. The minimum Gasteiger partial charge on any atom is -0.388 e. The first-order valence-electron chi connectivity index (χ1n) is 36.5. The number of carbonyl (C=O) groups is 2. The lowest BCUT2D eigenvalue weighted by molar-refractivity contribution is -0.145. The second-order valence-corrected chi connectivity index (χ2v) is 32.2. The lowest BCUT2D eigenvalue weighted by Crippen LogP contribution is -2.40. The van der Waals surface area contributed by atoms with Gasteiger partial charge in [0.15, 0.2) is 22.6 Å². The van der Waals surface area contributed by atoms with Gasteiger partial charge in [0.05, 0.1) is 65.1 Å². The van der Waals surface area contributed by atoms with E-state index in [9.17, 15) is 61.2 Å². The van der Waals surface area contributed by atoms with Crippen molar-refractivity contribution >= 4 is 173 Å². The number of urea groups is 1. The molecule has 14 aromatic rings. The molecule has 0 bridgehead atoms. The number of rotatable bonds is 23. The molecule has 3 amide bonds. The van der Waals surface area contributed by atoms with Crippen LogP contribution >= 0.6 is 34.8 Å². The number of nitrogens with one attached hydrogen (secondary N) is 10. The number of anilines is 5. The van der Waals surface area contributed by atoms with E-state index in [1.54, 1.807) is 113 Å². The topological polar surface area (TPSA) is 428 Å². The van der Waals surface area contributed by atoms with Crippen LogP contribution in [0.4, 0.5) is 60.0 Å². The van der Waals surface area contributed by atoms with Crippen molar-refractivity contribution < 1.29 is 69.6 Å². The molecular formula is C80H72Cl3F6N21O10S4. The van der Waals surface area contributed by atoms with E-state index < -0.39 is 78.5 Å². The van der Waals surface area contributed by atoms with Crippen molar-refractivity contribution in [2.75, 3.05) is 39.4 Å². The number of nitrogens with zero attached hydrogens (tertiary/aromatic N) is 11. The van der Waals surface area contributed by atoms with E-state index in [4.69, 9.17) is 48.4 Å². The Bertz CT molecular complexity index is 6580. The van der Waals surface area contributed by atoms with Crippen molar-refractivity contribution in [2.24, 2.45) is 0 Å². The number of hydrazine groups is 3. The van der Waals surface area contributed by atoms with E-state index in [0.717, 1.165) is 44.4 Å². The van der Waals surface area contributed by atoms with Gasteiger partial charge in [-0.25, -0.2) is 62.8 Å². The van der Waals surface area contributed by atoms with Gasteiger partial charge in [-0.2, -0.15) is 53.4 Å². The number of hydrogen-bond donors (Lipinski definition) is 10. The van der Waals surface area contributed by atoms with Gasteiger partial charge in [-0.1, -0.05) is 139 Å². The zero-order valence-electron chi connectivity index (χ0n) is 65.9. The van der Waals surface area contributed by atoms with Crippen molar-refractivity contribution in [2.45, 2.75) is 83.7 Å². The second kappa shape index (κ2) is 42.2. The molecule has 0 aliphatic rings. The van der Waals surface area contributed by atoms with Crippen LogP contribution in [-0.4, -0.2) is 100 Å². The molecule has 0 aliphatic carbocycles. The number of carbonyl (C=O) groups excluding carboxylic acids is 2. The Balaban J connectivity index is 0.000000171. The Hall–Kier alpha value is -12.9. The molecule has 0 saturated heterocycles. The molecule has 5 aromatic heterocycles. The van der Waals surface area contributed by atoms with Gasteiger partial charge in [-0.3, -0.25) is 31.2 Å². The van der Waals surface area contributed by atoms with Gasteiger partial charge in [0.2, 0.25) is 23.4 Å². The van der Waals surface area contributed by atoms with E-state index >= 15 is 0 Å². The molecule has 2 atom stereocenters. The maximum absolute atomic E-state index is 13.2. The summed E-state index contributed by atoms with van der Waals surface area (Å²) in [6.07, 6.45) is -9.01. The first-order chi connectivity index (χ1) is 58.9. The number of sulfonamides is 2. The Labute approximate surface area is 725 Å². The fourth-order valence-electron chi connectivity index (χ4n) is 10.7. The van der Waals surface area contributed by atoms with Gasteiger partial charge in [0.1, 0.15) is 17.6 Å². The van der Waals surface area contributed by atoms with Crippen molar-refractivity contribution in [1.29, 1.82) is 5.26 Å². The number of nitriles is 1. The molecular weight excluding hydrogens is 1760 g/mol. The summed E-state index contributed by atoms with van der Waals surface area (Å²) in [5.74, 6) is -2.37. The summed E-state index contributed by atoms with van der Waals surface area (Å²) in [4.78, 5) is 66.8. The van der Waals surface area contributed by atoms with Gasteiger partial charge in [-0.05, 0) is 173 Å². The zero-order chi connectivity index (χ0) is 89.6. The van der Waals surface area contributed by atoms with Crippen LogP contribution < -0.4 is 59.8 Å². The summed E-state index contributed by atoms with van der Waals surface area (Å²) < 4.78 is 167. The molecule has 10 N–H and O–H groups in total. The van der Waals surface area contributed by atoms with Gasteiger partial charge in [-0.15, -0.1) is 9.66 Å². The molecule has 5 heterocycles. The smallest absolute Gasteiger partial charge is 0.388 e. The van der Waals surface area contributed by atoms with Gasteiger partial charge < -0.3 is 19.0 Å². The maximum atomic E-state index is 13.2. The molecule has 44 heteroatoms. The van der Waals surface area contributed by atoms with Crippen LogP contribution in [0.15, 0.2) is 210 Å². The van der Waals surface area contributed by atoms with Crippen LogP contribution in [0.3, 0.4) is 0 Å². The number of amides is 3. The summed E-state index contributed by atoms with van der Waals surface area (Å²) in [7, 11) is -7.98. The number of fused-ring (bicyclic) bond motifs is 5. The number of hydrogen-bond acceptors (Lipinski definition) is 25. The maximum Gasteiger partial charge on any atom is 0.451 e. The average Bonchev–Trinajstić information content (AvgIpc) is 0.801. The first-order valence-corrected chi connectivity index (χ1v) is 42.7. The van der Waals surface area contributed by atoms with E-state index in [0.29, 0.717) is 68.6 Å². The Morgan fingerprint density at radius 2 is 0.984 bits per heavy atom. The Morgan fingerprint density at radius 3 is 1.56 bits per heavy atom. The standard InChI is InChI=1S/C26H24Cl2F3N7O3S.C17H15F3N4O2S.C16H13N5O2S.C12H13N3O3S.C9H7ClN2/c1-15-7-9-19(28)22(13-15)38-42(40,41)16-8-10-18(27)21(14-16)32-11-4-12-33-25(39)37-36-23-17-5-2-3-6-20(17)34-24(35-23)26(29,30)31;1-10-7-8-11(2)14(9-10)26-27(25)24-23-15-12-5-3-4-6-13(12)21-16(22-15)17(18,19)20;1-11-5-4-6-12(9-11)23-24(22)21-20-16-13-7-2-3-8-14(13)18-15(10-17)19-16;1-3-11(16)15-19(17,18)12-13-8(2)9-6-4-5-7-10(9)14-12;1-6-9(10)12-8-5-3-2-4-7(8)11-6/h2-3,5-10,13-14,32,38H,4,11-12H2,1H3,(H2,33,37,39)(H,34,35,36);3-9,24H,1-2H3,(H,21,22,23);2-9,21H,1H3,(H,18,19,20);4-7H,3H2,1-2H3,(H,15,16);2-5H,1H3. The predicted molar refractivity (Wildman–Crippen MR) is 462 cm³/mol. The van der Waals surface area contributed by atoms with Gasteiger partial charge in [0.25, 0.3) is 25.2 Å².